The quantitative estimate of drug-likeness (QED) is 0.501. The van der Waals surface area contributed by atoms with E-state index in [0.717, 1.165) is 10.5 Å². The van der Waals surface area contributed by atoms with Crippen LogP contribution in [0.3, 0.4) is 0 Å². The maximum atomic E-state index is 13.0. The SMILES string of the molecule is COc1ccc([C@]2(C)NC(=O)N(CC(=O)Nc3ccc(OCc4ccccc4)cc3)C2=O)cc1. The predicted molar refractivity (Wildman–Crippen MR) is 126 cm³/mol. The molecule has 0 aliphatic carbocycles. The Morgan fingerprint density at radius 2 is 1.59 bits per heavy atom. The van der Waals surface area contributed by atoms with Crippen molar-refractivity contribution in [1.29, 1.82) is 0 Å². The highest BCUT2D eigenvalue weighted by molar-refractivity contribution is 6.10. The number of urea groups is 1. The van der Waals surface area contributed by atoms with Gasteiger partial charge >= 0.3 is 6.03 Å². The molecule has 0 unspecified atom stereocenters. The summed E-state index contributed by atoms with van der Waals surface area (Å²) in [6.45, 7) is 1.65. The molecule has 0 aromatic heterocycles. The van der Waals surface area contributed by atoms with Gasteiger partial charge in [-0.25, -0.2) is 4.79 Å². The largest absolute Gasteiger partial charge is 0.497 e. The maximum Gasteiger partial charge on any atom is 0.325 e. The first-order chi connectivity index (χ1) is 16.4. The number of nitrogens with one attached hydrogen (secondary N) is 2. The Kier molecular flexibility index (Phi) is 6.49. The number of carbonyl (C=O) groups is 3. The van der Waals surface area contributed by atoms with Gasteiger partial charge in [0, 0.05) is 5.69 Å². The molecule has 1 heterocycles. The van der Waals surface area contributed by atoms with Gasteiger partial charge in [-0.05, 0) is 54.4 Å². The first kappa shape index (κ1) is 22.8. The summed E-state index contributed by atoms with van der Waals surface area (Å²) < 4.78 is 10.9. The van der Waals surface area contributed by atoms with Gasteiger partial charge in [-0.15, -0.1) is 0 Å². The van der Waals surface area contributed by atoms with E-state index >= 15 is 0 Å². The Hall–Kier alpha value is -4.33. The fourth-order valence-corrected chi connectivity index (χ4v) is 3.68. The molecule has 2 N–H and O–H groups in total. The second-order valence-electron chi connectivity index (χ2n) is 8.02. The fourth-order valence-electron chi connectivity index (χ4n) is 3.68. The minimum Gasteiger partial charge on any atom is -0.497 e. The molecule has 0 spiro atoms. The number of anilines is 1. The minimum absolute atomic E-state index is 0.400. The standard InChI is InChI=1S/C26H25N3O5/c1-26(19-8-12-21(33-2)13-9-19)24(31)29(25(32)28-26)16-23(30)27-20-10-14-22(15-11-20)34-17-18-6-4-3-5-7-18/h3-15H,16-17H2,1-2H3,(H,27,30)(H,28,32)/t26-/m0/s1. The lowest BCUT2D eigenvalue weighted by molar-refractivity contribution is -0.133. The molecular weight excluding hydrogens is 434 g/mol. The fraction of sp³-hybridized carbons (Fsp3) is 0.192. The normalized spacial score (nSPS) is 17.3. The number of hydrogen-bond acceptors (Lipinski definition) is 5. The highest BCUT2D eigenvalue weighted by atomic mass is 16.5. The summed E-state index contributed by atoms with van der Waals surface area (Å²) >= 11 is 0. The van der Waals surface area contributed by atoms with Crippen LogP contribution in [-0.4, -0.2) is 36.4 Å². The molecule has 1 saturated heterocycles. The molecule has 0 radical (unpaired) electrons. The van der Waals surface area contributed by atoms with Gasteiger partial charge in [0.1, 0.15) is 30.2 Å². The van der Waals surface area contributed by atoms with Crippen LogP contribution in [0.4, 0.5) is 10.5 Å². The Bertz CT molecular complexity index is 1180. The lowest BCUT2D eigenvalue weighted by Crippen LogP contribution is -2.42. The lowest BCUT2D eigenvalue weighted by atomic mass is 9.92. The summed E-state index contributed by atoms with van der Waals surface area (Å²) in [4.78, 5) is 39.0. The Labute approximate surface area is 197 Å². The molecule has 4 rings (SSSR count). The highest BCUT2D eigenvalue weighted by Crippen LogP contribution is 2.30. The average molecular weight is 460 g/mol. The van der Waals surface area contributed by atoms with Crippen LogP contribution in [-0.2, 0) is 21.7 Å². The molecule has 1 aliphatic rings. The van der Waals surface area contributed by atoms with Gasteiger partial charge in [0.25, 0.3) is 5.91 Å². The molecule has 1 fully saturated rings. The van der Waals surface area contributed by atoms with E-state index in [-0.39, 0.29) is 0 Å². The number of benzene rings is 3. The third-order valence-electron chi connectivity index (χ3n) is 5.63. The number of amides is 4. The van der Waals surface area contributed by atoms with E-state index in [0.29, 0.717) is 29.4 Å². The third-order valence-corrected chi connectivity index (χ3v) is 5.63. The average Bonchev–Trinajstić information content (AvgIpc) is 3.08. The molecular formula is C26H25N3O5. The van der Waals surface area contributed by atoms with Gasteiger partial charge in [0.05, 0.1) is 7.11 Å². The van der Waals surface area contributed by atoms with Crippen LogP contribution in [0.1, 0.15) is 18.1 Å². The van der Waals surface area contributed by atoms with E-state index in [1.54, 1.807) is 62.6 Å². The van der Waals surface area contributed by atoms with Crippen LogP contribution >= 0.6 is 0 Å². The molecule has 0 saturated carbocycles. The van der Waals surface area contributed by atoms with Gasteiger partial charge in [-0.1, -0.05) is 42.5 Å². The minimum atomic E-state index is -1.26. The molecule has 8 heteroatoms. The van der Waals surface area contributed by atoms with E-state index < -0.39 is 29.9 Å². The first-order valence-corrected chi connectivity index (χ1v) is 10.7. The van der Waals surface area contributed by atoms with E-state index in [1.165, 1.54) is 0 Å². The number of ether oxygens (including phenoxy) is 2. The van der Waals surface area contributed by atoms with Crippen LogP contribution in [0.5, 0.6) is 11.5 Å². The summed E-state index contributed by atoms with van der Waals surface area (Å²) in [5, 5.41) is 5.40. The van der Waals surface area contributed by atoms with E-state index in [9.17, 15) is 14.4 Å². The van der Waals surface area contributed by atoms with Gasteiger partial charge < -0.3 is 20.1 Å². The van der Waals surface area contributed by atoms with Crippen molar-refractivity contribution in [3.05, 3.63) is 90.0 Å². The summed E-state index contributed by atoms with van der Waals surface area (Å²) in [7, 11) is 1.55. The van der Waals surface area contributed by atoms with Crippen molar-refractivity contribution in [1.82, 2.24) is 10.2 Å². The Morgan fingerprint density at radius 3 is 2.24 bits per heavy atom. The summed E-state index contributed by atoms with van der Waals surface area (Å²) in [5.41, 5.74) is 0.916. The van der Waals surface area contributed by atoms with Crippen molar-refractivity contribution in [2.75, 3.05) is 19.0 Å². The smallest absolute Gasteiger partial charge is 0.325 e. The van der Waals surface area contributed by atoms with Crippen LogP contribution in [0.25, 0.3) is 0 Å². The number of rotatable bonds is 8. The summed E-state index contributed by atoms with van der Waals surface area (Å²) in [6.07, 6.45) is 0. The van der Waals surface area contributed by atoms with Crippen molar-refractivity contribution in [3.63, 3.8) is 0 Å². The van der Waals surface area contributed by atoms with Gasteiger partial charge in [-0.3, -0.25) is 14.5 Å². The molecule has 0 bridgehead atoms. The number of methoxy groups -OCH3 is 1. The van der Waals surface area contributed by atoms with Crippen molar-refractivity contribution >= 4 is 23.5 Å². The number of carbonyl (C=O) groups excluding carboxylic acids is 3. The topological polar surface area (TPSA) is 97.0 Å². The number of hydrogen-bond donors (Lipinski definition) is 2. The van der Waals surface area contributed by atoms with E-state index in [2.05, 4.69) is 10.6 Å². The van der Waals surface area contributed by atoms with Gasteiger partial charge in [0.15, 0.2) is 0 Å². The van der Waals surface area contributed by atoms with E-state index in [1.807, 2.05) is 30.3 Å². The maximum absolute atomic E-state index is 13.0. The predicted octanol–water partition coefficient (Wildman–Crippen LogP) is 3.68. The number of imide groups is 1. The van der Waals surface area contributed by atoms with E-state index in [4.69, 9.17) is 9.47 Å². The van der Waals surface area contributed by atoms with Crippen LogP contribution in [0.15, 0.2) is 78.9 Å². The first-order valence-electron chi connectivity index (χ1n) is 10.7. The molecule has 4 amide bonds. The monoisotopic (exact) mass is 459 g/mol. The van der Waals surface area contributed by atoms with Gasteiger partial charge in [0.2, 0.25) is 5.91 Å². The van der Waals surface area contributed by atoms with Crippen LogP contribution < -0.4 is 20.1 Å². The molecule has 3 aromatic carbocycles. The summed E-state index contributed by atoms with van der Waals surface area (Å²) in [6, 6.07) is 22.9. The van der Waals surface area contributed by atoms with Crippen molar-refractivity contribution in [2.24, 2.45) is 0 Å². The molecule has 1 aliphatic heterocycles. The molecule has 8 nitrogen and oxygen atoms in total. The highest BCUT2D eigenvalue weighted by Gasteiger charge is 2.49. The number of nitrogens with zero attached hydrogens (tertiary/aromatic N) is 1. The zero-order valence-corrected chi connectivity index (χ0v) is 18.9. The lowest BCUT2D eigenvalue weighted by Gasteiger charge is -2.22. The van der Waals surface area contributed by atoms with Crippen molar-refractivity contribution < 1.29 is 23.9 Å². The Morgan fingerprint density at radius 1 is 0.941 bits per heavy atom. The second kappa shape index (κ2) is 9.66. The zero-order valence-electron chi connectivity index (χ0n) is 18.9. The van der Waals surface area contributed by atoms with Gasteiger partial charge in [-0.2, -0.15) is 0 Å². The Balaban J connectivity index is 1.35. The van der Waals surface area contributed by atoms with Crippen molar-refractivity contribution in [2.45, 2.75) is 19.1 Å². The van der Waals surface area contributed by atoms with Crippen LogP contribution in [0, 0.1) is 0 Å². The van der Waals surface area contributed by atoms with Crippen LogP contribution in [0.2, 0.25) is 0 Å². The summed E-state index contributed by atoms with van der Waals surface area (Å²) in [5.74, 6) is 0.311. The zero-order chi connectivity index (χ0) is 24.1. The molecule has 34 heavy (non-hydrogen) atoms. The molecule has 1 atom stereocenters. The second-order valence-corrected chi connectivity index (χ2v) is 8.02. The molecule has 174 valence electrons. The molecule has 3 aromatic rings. The van der Waals surface area contributed by atoms with Crippen molar-refractivity contribution in [3.8, 4) is 11.5 Å². The third kappa shape index (κ3) is 4.85.